The number of ether oxygens (including phenoxy) is 1. The number of benzene rings is 1. The number of nitrogens with one attached hydrogen (secondary N) is 1. The maximum Gasteiger partial charge on any atom is 0.277 e. The molecule has 4 aromatic rings. The second kappa shape index (κ2) is 8.56. The Morgan fingerprint density at radius 2 is 1.79 bits per heavy atom. The SMILES string of the molecule is CCCc1nn(C)c2c(=O)[nH]c(-c3cc4c(S(=O)(=O)Cl)cc(S(=O)(=O)Cl)c(OCC)c4o3)nc12. The summed E-state index contributed by atoms with van der Waals surface area (Å²) in [6.07, 6.45) is 1.35. The molecule has 1 N–H and O–H groups in total. The molecule has 0 amide bonds. The Morgan fingerprint density at radius 3 is 2.38 bits per heavy atom. The third kappa shape index (κ3) is 4.17. The Balaban J connectivity index is 2.09. The van der Waals surface area contributed by atoms with Crippen LogP contribution in [0.2, 0.25) is 0 Å². The molecule has 3 heterocycles. The van der Waals surface area contributed by atoms with Gasteiger partial charge in [0.15, 0.2) is 28.4 Å². The standard InChI is InChI=1S/C19H18Cl2N4O7S2/c1-4-6-10-14-15(25(3)24-10)19(26)23-18(22-14)11-7-9-12(33(20,27)28)8-13(34(21,29)30)17(31-5-2)16(9)32-11/h7-8H,4-6H2,1-3H3,(H,22,23,26). The maximum absolute atomic E-state index is 12.8. The first-order valence-corrected chi connectivity index (χ1v) is 14.6. The van der Waals surface area contributed by atoms with Crippen LogP contribution in [-0.4, -0.2) is 43.2 Å². The van der Waals surface area contributed by atoms with Crippen LogP contribution < -0.4 is 10.3 Å². The predicted molar refractivity (Wildman–Crippen MR) is 126 cm³/mol. The fraction of sp³-hybridized carbons (Fsp3) is 0.316. The van der Waals surface area contributed by atoms with Gasteiger partial charge in [-0.15, -0.1) is 0 Å². The van der Waals surface area contributed by atoms with E-state index in [4.69, 9.17) is 30.5 Å². The quantitative estimate of drug-likeness (QED) is 0.342. The molecule has 0 fully saturated rings. The van der Waals surface area contributed by atoms with Crippen LogP contribution in [0.5, 0.6) is 5.75 Å². The number of nitrogens with zero attached hydrogens (tertiary/aromatic N) is 3. The largest absolute Gasteiger partial charge is 0.489 e. The number of rotatable bonds is 7. The van der Waals surface area contributed by atoms with Crippen LogP contribution in [0.15, 0.2) is 31.1 Å². The molecule has 0 bridgehead atoms. The lowest BCUT2D eigenvalue weighted by Gasteiger charge is -2.10. The van der Waals surface area contributed by atoms with Gasteiger partial charge < -0.3 is 14.1 Å². The number of hydrogen-bond acceptors (Lipinski definition) is 9. The Kier molecular flexibility index (Phi) is 6.17. The lowest BCUT2D eigenvalue weighted by atomic mass is 10.2. The van der Waals surface area contributed by atoms with Crippen molar-refractivity contribution >= 4 is 61.5 Å². The number of aromatic nitrogens is 4. The first kappa shape index (κ1) is 24.5. The molecule has 15 heteroatoms. The highest BCUT2D eigenvalue weighted by molar-refractivity contribution is 8.14. The van der Waals surface area contributed by atoms with E-state index in [2.05, 4.69) is 15.1 Å². The van der Waals surface area contributed by atoms with Gasteiger partial charge in [0.05, 0.1) is 17.2 Å². The van der Waals surface area contributed by atoms with Gasteiger partial charge in [0.2, 0.25) is 0 Å². The first-order chi connectivity index (χ1) is 15.9. The van der Waals surface area contributed by atoms with E-state index in [1.54, 1.807) is 14.0 Å². The van der Waals surface area contributed by atoms with Crippen molar-refractivity contribution in [2.45, 2.75) is 36.5 Å². The molecule has 0 unspecified atom stereocenters. The molecule has 0 spiro atoms. The van der Waals surface area contributed by atoms with E-state index < -0.39 is 33.5 Å². The summed E-state index contributed by atoms with van der Waals surface area (Å²) in [7, 11) is 3.83. The van der Waals surface area contributed by atoms with Gasteiger partial charge in [-0.1, -0.05) is 13.3 Å². The number of halogens is 2. The van der Waals surface area contributed by atoms with Crippen molar-refractivity contribution in [1.29, 1.82) is 0 Å². The second-order valence-corrected chi connectivity index (χ2v) is 12.4. The normalized spacial score (nSPS) is 12.6. The molecule has 3 aromatic heterocycles. The average Bonchev–Trinajstić information content (AvgIpc) is 3.29. The van der Waals surface area contributed by atoms with Crippen LogP contribution in [0.3, 0.4) is 0 Å². The van der Waals surface area contributed by atoms with Crippen LogP contribution in [0.1, 0.15) is 26.0 Å². The number of H-pyrrole nitrogens is 1. The Hall–Kier alpha value is -2.61. The van der Waals surface area contributed by atoms with Crippen LogP contribution in [-0.2, 0) is 31.6 Å². The van der Waals surface area contributed by atoms with Crippen molar-refractivity contribution in [2.24, 2.45) is 7.05 Å². The Morgan fingerprint density at radius 1 is 1.12 bits per heavy atom. The first-order valence-electron chi connectivity index (χ1n) is 9.95. The molecule has 4 rings (SSSR count). The van der Waals surface area contributed by atoms with E-state index in [1.165, 1.54) is 10.7 Å². The van der Waals surface area contributed by atoms with Crippen molar-refractivity contribution in [1.82, 2.24) is 19.7 Å². The molecule has 0 radical (unpaired) electrons. The fourth-order valence-corrected chi connectivity index (χ4v) is 5.77. The molecule has 0 atom stereocenters. The second-order valence-electron chi connectivity index (χ2n) is 7.30. The van der Waals surface area contributed by atoms with Crippen LogP contribution >= 0.6 is 21.4 Å². The summed E-state index contributed by atoms with van der Waals surface area (Å²) in [4.78, 5) is 18.7. The van der Waals surface area contributed by atoms with Gasteiger partial charge in [-0.2, -0.15) is 5.10 Å². The van der Waals surface area contributed by atoms with Gasteiger partial charge >= 0.3 is 0 Å². The molecule has 0 aliphatic heterocycles. The van der Waals surface area contributed by atoms with Gasteiger partial charge in [-0.25, -0.2) is 21.8 Å². The van der Waals surface area contributed by atoms with Crippen molar-refractivity contribution in [3.8, 4) is 17.3 Å². The average molecular weight is 549 g/mol. The topological polar surface area (TPSA) is 154 Å². The summed E-state index contributed by atoms with van der Waals surface area (Å²) in [5, 5.41) is 4.28. The van der Waals surface area contributed by atoms with Crippen molar-refractivity contribution < 1.29 is 26.0 Å². The van der Waals surface area contributed by atoms with E-state index in [1.807, 2.05) is 6.92 Å². The number of furan rings is 1. The van der Waals surface area contributed by atoms with Crippen molar-refractivity contribution in [2.75, 3.05) is 6.61 Å². The van der Waals surface area contributed by atoms with Crippen LogP contribution in [0.4, 0.5) is 0 Å². The minimum Gasteiger partial charge on any atom is -0.489 e. The molecule has 0 saturated heterocycles. The summed E-state index contributed by atoms with van der Waals surface area (Å²) in [6, 6.07) is 2.08. The van der Waals surface area contributed by atoms with E-state index in [9.17, 15) is 21.6 Å². The zero-order valence-corrected chi connectivity index (χ0v) is 21.2. The Bertz CT molecular complexity index is 1720. The highest BCUT2D eigenvalue weighted by Gasteiger charge is 2.30. The Labute approximate surface area is 202 Å². The summed E-state index contributed by atoms with van der Waals surface area (Å²) in [5.41, 5.74) is 0.510. The predicted octanol–water partition coefficient (Wildman–Crippen LogP) is 3.28. The molecule has 1 aromatic carbocycles. The van der Waals surface area contributed by atoms with Gasteiger partial charge in [-0.05, 0) is 25.5 Å². The monoisotopic (exact) mass is 548 g/mol. The highest BCUT2D eigenvalue weighted by atomic mass is 35.7. The number of hydrogen-bond donors (Lipinski definition) is 1. The van der Waals surface area contributed by atoms with Gasteiger partial charge in [0, 0.05) is 33.8 Å². The lowest BCUT2D eigenvalue weighted by Crippen LogP contribution is -2.12. The lowest BCUT2D eigenvalue weighted by molar-refractivity contribution is 0.330. The fourth-order valence-electron chi connectivity index (χ4n) is 3.67. The summed E-state index contributed by atoms with van der Waals surface area (Å²) in [5.74, 6) is -0.360. The molecule has 0 aliphatic rings. The summed E-state index contributed by atoms with van der Waals surface area (Å²) in [6.45, 7) is 3.57. The minimum atomic E-state index is -4.45. The molecular formula is C19H18Cl2N4O7S2. The molecule has 0 saturated carbocycles. The van der Waals surface area contributed by atoms with E-state index in [0.29, 0.717) is 17.6 Å². The summed E-state index contributed by atoms with van der Waals surface area (Å²) >= 11 is 0. The van der Waals surface area contributed by atoms with Crippen LogP contribution in [0.25, 0.3) is 33.6 Å². The zero-order chi connectivity index (χ0) is 25.0. The molecule has 11 nitrogen and oxygen atoms in total. The van der Waals surface area contributed by atoms with Gasteiger partial charge in [0.1, 0.15) is 10.4 Å². The molecule has 182 valence electrons. The molecule has 0 aliphatic carbocycles. The van der Waals surface area contributed by atoms with Gasteiger partial charge in [-0.3, -0.25) is 9.48 Å². The highest BCUT2D eigenvalue weighted by Crippen LogP contribution is 2.42. The van der Waals surface area contributed by atoms with Crippen molar-refractivity contribution in [3.05, 3.63) is 28.2 Å². The van der Waals surface area contributed by atoms with Gasteiger partial charge in [0.25, 0.3) is 23.7 Å². The van der Waals surface area contributed by atoms with Crippen molar-refractivity contribution in [3.63, 3.8) is 0 Å². The number of aromatic amines is 1. The molecular weight excluding hydrogens is 531 g/mol. The third-order valence-corrected chi connectivity index (χ3v) is 7.68. The number of fused-ring (bicyclic) bond motifs is 2. The van der Waals surface area contributed by atoms with E-state index >= 15 is 0 Å². The van der Waals surface area contributed by atoms with E-state index in [-0.39, 0.29) is 40.4 Å². The zero-order valence-electron chi connectivity index (χ0n) is 18.0. The summed E-state index contributed by atoms with van der Waals surface area (Å²) < 4.78 is 61.5. The van der Waals surface area contributed by atoms with Crippen LogP contribution in [0, 0.1) is 0 Å². The maximum atomic E-state index is 12.8. The van der Waals surface area contributed by atoms with E-state index in [0.717, 1.165) is 12.5 Å². The minimum absolute atomic E-state index is 0.0188. The number of aryl methyl sites for hydroxylation is 2. The smallest absolute Gasteiger partial charge is 0.277 e. The third-order valence-electron chi connectivity index (χ3n) is 4.99. The molecule has 34 heavy (non-hydrogen) atoms.